The van der Waals surface area contributed by atoms with Gasteiger partial charge in [0.25, 0.3) is 11.4 Å². The second kappa shape index (κ2) is 13.0. The molecule has 0 N–H and O–H groups in total. The minimum atomic E-state index is -1.44. The van der Waals surface area contributed by atoms with E-state index in [1.165, 1.54) is 36.4 Å². The molecule has 0 bridgehead atoms. The molecule has 2 heterocycles. The van der Waals surface area contributed by atoms with E-state index in [2.05, 4.69) is 0 Å². The fourth-order valence-corrected chi connectivity index (χ4v) is 6.98. The second-order valence-corrected chi connectivity index (χ2v) is 13.0. The zero-order valence-corrected chi connectivity index (χ0v) is 28.8. The number of nitro groups is 2. The largest absolute Gasteiger partial charge is 0.489 e. The Morgan fingerprint density at radius 1 is 0.759 bits per heavy atom. The molecule has 0 aliphatic carbocycles. The van der Waals surface area contributed by atoms with Gasteiger partial charge in [0.05, 0.1) is 32.1 Å². The van der Waals surface area contributed by atoms with Gasteiger partial charge in [0.1, 0.15) is 30.5 Å². The van der Waals surface area contributed by atoms with Crippen LogP contribution < -0.4 is 14.4 Å². The SMILES string of the molecule is CN(C)c1ccc2c(c1)Oc1c(ccc3cc(OCc4ccccc4[N+](=O)[O-])ccc13)C21OC(=O)c2cc(C(=O)OCc3ccccc3[N+](=O)[O-])ccc21. The maximum Gasteiger partial charge on any atom is 0.340 e. The van der Waals surface area contributed by atoms with Crippen molar-refractivity contribution in [3.05, 3.63) is 174 Å². The Balaban J connectivity index is 1.18. The number of benzene rings is 6. The van der Waals surface area contributed by atoms with Gasteiger partial charge in [-0.05, 0) is 66.0 Å². The van der Waals surface area contributed by atoms with Crippen molar-refractivity contribution in [3.8, 4) is 17.2 Å². The number of hydrogen-bond donors (Lipinski definition) is 0. The van der Waals surface area contributed by atoms with Crippen LogP contribution in [0.25, 0.3) is 10.8 Å². The average Bonchev–Trinajstić information content (AvgIpc) is 3.47. The van der Waals surface area contributed by atoms with Crippen LogP contribution in [-0.4, -0.2) is 35.9 Å². The number of ether oxygens (including phenoxy) is 4. The normalized spacial score (nSPS) is 15.0. The van der Waals surface area contributed by atoms with E-state index in [0.717, 1.165) is 11.1 Å². The third-order valence-corrected chi connectivity index (χ3v) is 9.62. The molecule has 0 radical (unpaired) electrons. The molecular formula is C41H29N3O10. The van der Waals surface area contributed by atoms with Crippen LogP contribution in [0.2, 0.25) is 0 Å². The lowest BCUT2D eigenvalue weighted by atomic mass is 9.76. The van der Waals surface area contributed by atoms with Crippen LogP contribution in [0.5, 0.6) is 17.2 Å². The molecule has 0 fully saturated rings. The minimum absolute atomic E-state index is 0.0116. The number of nitrogens with zero attached hydrogens (tertiary/aromatic N) is 3. The summed E-state index contributed by atoms with van der Waals surface area (Å²) in [5.41, 5.74) is 1.74. The zero-order chi connectivity index (χ0) is 37.7. The number of rotatable bonds is 9. The van der Waals surface area contributed by atoms with Crippen LogP contribution >= 0.6 is 0 Å². The summed E-state index contributed by atoms with van der Waals surface area (Å²) in [4.78, 5) is 50.9. The topological polar surface area (TPSA) is 161 Å². The van der Waals surface area contributed by atoms with Gasteiger partial charge >= 0.3 is 11.9 Å². The molecule has 1 spiro atoms. The van der Waals surface area contributed by atoms with Gasteiger partial charge in [-0.25, -0.2) is 9.59 Å². The summed E-state index contributed by atoms with van der Waals surface area (Å²) in [6.07, 6.45) is 0. The molecule has 2 aliphatic heterocycles. The summed E-state index contributed by atoms with van der Waals surface area (Å²) in [6.45, 7) is -0.345. The molecule has 0 saturated carbocycles. The molecule has 0 saturated heterocycles. The van der Waals surface area contributed by atoms with Crippen LogP contribution in [-0.2, 0) is 28.3 Å². The Hall–Kier alpha value is -7.28. The molecule has 1 unspecified atom stereocenters. The number of nitro benzene ring substituents is 2. The summed E-state index contributed by atoms with van der Waals surface area (Å²) in [5.74, 6) is -0.0201. The molecule has 8 rings (SSSR count). The van der Waals surface area contributed by atoms with E-state index in [-0.39, 0.29) is 41.3 Å². The van der Waals surface area contributed by atoms with Crippen molar-refractivity contribution in [2.75, 3.05) is 19.0 Å². The Kier molecular flexibility index (Phi) is 8.18. The summed E-state index contributed by atoms with van der Waals surface area (Å²) in [6, 6.07) is 31.7. The maximum absolute atomic E-state index is 13.8. The molecule has 1 atom stereocenters. The Morgan fingerprint density at radius 3 is 2.13 bits per heavy atom. The second-order valence-electron chi connectivity index (χ2n) is 13.0. The molecule has 54 heavy (non-hydrogen) atoms. The van der Waals surface area contributed by atoms with Crippen LogP contribution in [0.1, 0.15) is 48.5 Å². The first kappa shape index (κ1) is 33.8. The first-order valence-corrected chi connectivity index (χ1v) is 16.7. The highest BCUT2D eigenvalue weighted by atomic mass is 16.6. The van der Waals surface area contributed by atoms with E-state index >= 15 is 0 Å². The van der Waals surface area contributed by atoms with E-state index < -0.39 is 27.4 Å². The Morgan fingerprint density at radius 2 is 1.43 bits per heavy atom. The molecular weight excluding hydrogens is 694 g/mol. The van der Waals surface area contributed by atoms with Crippen molar-refractivity contribution in [2.45, 2.75) is 18.8 Å². The molecule has 6 aromatic carbocycles. The van der Waals surface area contributed by atoms with Crippen LogP contribution in [0.4, 0.5) is 17.1 Å². The van der Waals surface area contributed by atoms with Crippen molar-refractivity contribution in [1.29, 1.82) is 0 Å². The van der Waals surface area contributed by atoms with Crippen LogP contribution in [0.3, 0.4) is 0 Å². The monoisotopic (exact) mass is 723 g/mol. The van der Waals surface area contributed by atoms with Crippen molar-refractivity contribution >= 4 is 39.8 Å². The smallest absolute Gasteiger partial charge is 0.340 e. The molecule has 2 aliphatic rings. The van der Waals surface area contributed by atoms with Gasteiger partial charge in [0.2, 0.25) is 0 Å². The Labute approximate surface area is 307 Å². The first-order chi connectivity index (χ1) is 26.0. The first-order valence-electron chi connectivity index (χ1n) is 16.7. The quantitative estimate of drug-likeness (QED) is 0.0803. The Bertz CT molecular complexity index is 2570. The van der Waals surface area contributed by atoms with Gasteiger partial charge in [0.15, 0.2) is 5.60 Å². The van der Waals surface area contributed by atoms with Crippen molar-refractivity contribution in [2.24, 2.45) is 0 Å². The van der Waals surface area contributed by atoms with E-state index in [9.17, 15) is 29.8 Å². The lowest BCUT2D eigenvalue weighted by Gasteiger charge is -2.37. The molecule has 0 amide bonds. The fraction of sp³-hybridized carbons (Fsp3) is 0.122. The number of anilines is 1. The minimum Gasteiger partial charge on any atom is -0.489 e. The third-order valence-electron chi connectivity index (χ3n) is 9.62. The van der Waals surface area contributed by atoms with E-state index in [1.54, 1.807) is 36.4 Å². The predicted molar refractivity (Wildman–Crippen MR) is 196 cm³/mol. The lowest BCUT2D eigenvalue weighted by molar-refractivity contribution is -0.386. The van der Waals surface area contributed by atoms with E-state index in [4.69, 9.17) is 18.9 Å². The van der Waals surface area contributed by atoms with E-state index in [1.807, 2.05) is 61.5 Å². The highest BCUT2D eigenvalue weighted by Gasteiger charge is 2.54. The van der Waals surface area contributed by atoms with Gasteiger partial charge in [-0.15, -0.1) is 0 Å². The number of esters is 2. The van der Waals surface area contributed by atoms with Crippen molar-refractivity contribution in [1.82, 2.24) is 0 Å². The standard InChI is InChI=1S/C41H29N3O10/c1-42(2)28-13-18-33-37(21-28)53-38-30-15-14-29(51-22-26-7-3-5-9-35(26)43(47)48)19-24(30)11-17-34(38)41(33)32-16-12-25(20-31(32)40(46)54-41)39(45)52-23-27-8-4-6-10-36(27)44(49)50/h3-21H,22-23H2,1-2H3. The van der Waals surface area contributed by atoms with E-state index in [0.29, 0.717) is 44.9 Å². The highest BCUT2D eigenvalue weighted by molar-refractivity contribution is 6.01. The molecule has 6 aromatic rings. The van der Waals surface area contributed by atoms with Crippen LogP contribution in [0.15, 0.2) is 115 Å². The summed E-state index contributed by atoms with van der Waals surface area (Å²) < 4.78 is 24.4. The van der Waals surface area contributed by atoms with Gasteiger partial charge in [-0.1, -0.05) is 36.4 Å². The van der Waals surface area contributed by atoms with Gasteiger partial charge in [0, 0.05) is 60.1 Å². The number of hydrogen-bond acceptors (Lipinski definition) is 11. The van der Waals surface area contributed by atoms with Gasteiger partial charge in [-0.2, -0.15) is 0 Å². The number of para-hydroxylation sites is 2. The average molecular weight is 724 g/mol. The number of carbonyl (C=O) groups is 2. The number of carbonyl (C=O) groups excluding carboxylic acids is 2. The molecule has 268 valence electrons. The fourth-order valence-electron chi connectivity index (χ4n) is 6.98. The maximum atomic E-state index is 13.8. The van der Waals surface area contributed by atoms with Gasteiger partial charge < -0.3 is 23.8 Å². The van der Waals surface area contributed by atoms with Crippen LogP contribution in [0, 0.1) is 20.2 Å². The third kappa shape index (κ3) is 5.58. The summed E-state index contributed by atoms with van der Waals surface area (Å²) in [7, 11) is 3.80. The summed E-state index contributed by atoms with van der Waals surface area (Å²) >= 11 is 0. The molecule has 0 aromatic heterocycles. The number of fused-ring (bicyclic) bond motifs is 8. The highest BCUT2D eigenvalue weighted by Crippen LogP contribution is 2.58. The zero-order valence-electron chi connectivity index (χ0n) is 28.8. The molecule has 13 heteroatoms. The lowest BCUT2D eigenvalue weighted by Crippen LogP contribution is -2.33. The van der Waals surface area contributed by atoms with Crippen molar-refractivity contribution in [3.63, 3.8) is 0 Å². The predicted octanol–water partition coefficient (Wildman–Crippen LogP) is 8.23. The molecule has 13 nitrogen and oxygen atoms in total. The summed E-state index contributed by atoms with van der Waals surface area (Å²) in [5, 5.41) is 24.4. The van der Waals surface area contributed by atoms with Crippen molar-refractivity contribution < 1.29 is 38.4 Å². The van der Waals surface area contributed by atoms with Gasteiger partial charge in [-0.3, -0.25) is 20.2 Å².